The second-order valence-corrected chi connectivity index (χ2v) is 5.31. The summed E-state index contributed by atoms with van der Waals surface area (Å²) in [6.45, 7) is 2.17. The van der Waals surface area contributed by atoms with Gasteiger partial charge in [-0.2, -0.15) is 0 Å². The molecule has 0 unspecified atom stereocenters. The molecule has 0 aromatic carbocycles. The van der Waals surface area contributed by atoms with E-state index < -0.39 is 5.97 Å². The van der Waals surface area contributed by atoms with Gasteiger partial charge in [-0.05, 0) is 13.0 Å². The molecule has 0 saturated heterocycles. The number of carbonyl (C=O) groups is 1. The highest BCUT2D eigenvalue weighted by Gasteiger charge is 2.15. The molecule has 2 aromatic heterocycles. The zero-order chi connectivity index (χ0) is 11.5. The van der Waals surface area contributed by atoms with Crippen LogP contribution in [0.3, 0.4) is 0 Å². The molecule has 0 saturated carbocycles. The first-order valence-electron chi connectivity index (χ1n) is 4.51. The van der Waals surface area contributed by atoms with Crippen molar-refractivity contribution in [3.8, 4) is 5.75 Å². The third kappa shape index (κ3) is 2.40. The Morgan fingerprint density at radius 3 is 3.06 bits per heavy atom. The van der Waals surface area contributed by atoms with Crippen molar-refractivity contribution in [1.29, 1.82) is 0 Å². The molecular weight excluding hydrogens is 246 g/mol. The summed E-state index contributed by atoms with van der Waals surface area (Å²) >= 11 is 2.70. The fourth-order valence-corrected chi connectivity index (χ4v) is 2.53. The molecule has 4 nitrogen and oxygen atoms in total. The summed E-state index contributed by atoms with van der Waals surface area (Å²) in [7, 11) is 0. The fraction of sp³-hybridized carbons (Fsp3) is 0.200. The molecule has 0 fully saturated rings. The Bertz CT molecular complexity index is 490. The molecule has 2 aromatic rings. The fourth-order valence-electron chi connectivity index (χ4n) is 1.21. The van der Waals surface area contributed by atoms with Gasteiger partial charge in [-0.3, -0.25) is 0 Å². The van der Waals surface area contributed by atoms with Crippen LogP contribution in [-0.2, 0) is 6.61 Å². The molecular formula is C10H9NO3S2. The SMILES string of the molecule is Cc1cc(OCc2nccs2)c(C(=O)O)s1. The lowest BCUT2D eigenvalue weighted by Crippen LogP contribution is -1.99. The van der Waals surface area contributed by atoms with E-state index in [1.54, 1.807) is 12.3 Å². The van der Waals surface area contributed by atoms with Gasteiger partial charge in [0.1, 0.15) is 17.4 Å². The minimum Gasteiger partial charge on any atom is -0.485 e. The maximum Gasteiger partial charge on any atom is 0.349 e. The molecule has 0 bridgehead atoms. The first kappa shape index (κ1) is 11.1. The molecule has 0 radical (unpaired) electrons. The maximum atomic E-state index is 10.9. The zero-order valence-corrected chi connectivity index (χ0v) is 10.1. The average molecular weight is 255 g/mol. The van der Waals surface area contributed by atoms with Crippen LogP contribution in [0.25, 0.3) is 0 Å². The van der Waals surface area contributed by atoms with Gasteiger partial charge in [-0.15, -0.1) is 22.7 Å². The van der Waals surface area contributed by atoms with Crippen LogP contribution in [0, 0.1) is 6.92 Å². The Balaban J connectivity index is 2.12. The highest BCUT2D eigenvalue weighted by molar-refractivity contribution is 7.14. The van der Waals surface area contributed by atoms with Gasteiger partial charge in [0.2, 0.25) is 0 Å². The minimum atomic E-state index is -0.952. The lowest BCUT2D eigenvalue weighted by molar-refractivity contribution is 0.0697. The second kappa shape index (κ2) is 4.63. The first-order valence-corrected chi connectivity index (χ1v) is 6.21. The lowest BCUT2D eigenvalue weighted by atomic mass is 10.4. The molecule has 6 heteroatoms. The van der Waals surface area contributed by atoms with E-state index in [0.717, 1.165) is 9.88 Å². The average Bonchev–Trinajstić information content (AvgIpc) is 2.83. The molecule has 1 N–H and O–H groups in total. The number of rotatable bonds is 4. The van der Waals surface area contributed by atoms with Crippen LogP contribution in [0.4, 0.5) is 0 Å². The summed E-state index contributed by atoms with van der Waals surface area (Å²) < 4.78 is 5.44. The number of thiophene rings is 1. The Kier molecular flexibility index (Phi) is 3.21. The summed E-state index contributed by atoms with van der Waals surface area (Å²) in [6, 6.07) is 1.74. The number of thiazole rings is 1. The van der Waals surface area contributed by atoms with Gasteiger partial charge in [0, 0.05) is 16.5 Å². The van der Waals surface area contributed by atoms with Crippen LogP contribution >= 0.6 is 22.7 Å². The second-order valence-electron chi connectivity index (χ2n) is 3.07. The number of aromatic nitrogens is 1. The van der Waals surface area contributed by atoms with E-state index in [1.807, 2.05) is 12.3 Å². The topological polar surface area (TPSA) is 59.4 Å². The van der Waals surface area contributed by atoms with Crippen LogP contribution in [-0.4, -0.2) is 16.1 Å². The lowest BCUT2D eigenvalue weighted by Gasteiger charge is -2.02. The minimum absolute atomic E-state index is 0.244. The predicted octanol–water partition coefficient (Wildman–Crippen LogP) is 2.79. The zero-order valence-electron chi connectivity index (χ0n) is 8.47. The van der Waals surface area contributed by atoms with E-state index >= 15 is 0 Å². The summed E-state index contributed by atoms with van der Waals surface area (Å²) in [4.78, 5) is 16.1. The van der Waals surface area contributed by atoms with Crippen molar-refractivity contribution in [2.75, 3.05) is 0 Å². The van der Waals surface area contributed by atoms with E-state index in [-0.39, 0.29) is 4.88 Å². The monoisotopic (exact) mass is 255 g/mol. The van der Waals surface area contributed by atoms with Crippen molar-refractivity contribution in [3.05, 3.63) is 32.4 Å². The Morgan fingerprint density at radius 1 is 1.62 bits per heavy atom. The summed E-state index contributed by atoms with van der Waals surface area (Å²) in [5, 5.41) is 11.6. The Morgan fingerprint density at radius 2 is 2.44 bits per heavy atom. The third-order valence-electron chi connectivity index (χ3n) is 1.85. The van der Waals surface area contributed by atoms with E-state index in [2.05, 4.69) is 4.98 Å². The van der Waals surface area contributed by atoms with Gasteiger partial charge >= 0.3 is 5.97 Å². The number of carboxylic acid groups (broad SMARTS) is 1. The van der Waals surface area contributed by atoms with E-state index in [1.165, 1.54) is 22.7 Å². The van der Waals surface area contributed by atoms with E-state index in [0.29, 0.717) is 12.4 Å². The van der Waals surface area contributed by atoms with Crippen LogP contribution < -0.4 is 4.74 Å². The van der Waals surface area contributed by atoms with Gasteiger partial charge in [0.15, 0.2) is 4.88 Å². The van der Waals surface area contributed by atoms with Crippen LogP contribution in [0.5, 0.6) is 5.75 Å². The van der Waals surface area contributed by atoms with Crippen molar-refractivity contribution < 1.29 is 14.6 Å². The molecule has 0 aliphatic heterocycles. The van der Waals surface area contributed by atoms with E-state index in [9.17, 15) is 4.79 Å². The third-order valence-corrected chi connectivity index (χ3v) is 3.62. The van der Waals surface area contributed by atoms with Crippen molar-refractivity contribution >= 4 is 28.6 Å². The van der Waals surface area contributed by atoms with Crippen molar-refractivity contribution in [3.63, 3.8) is 0 Å². The molecule has 84 valence electrons. The summed E-state index contributed by atoms with van der Waals surface area (Å²) in [6.07, 6.45) is 1.69. The molecule has 16 heavy (non-hydrogen) atoms. The number of aryl methyl sites for hydroxylation is 1. The number of hydrogen-bond donors (Lipinski definition) is 1. The largest absolute Gasteiger partial charge is 0.485 e. The molecule has 0 aliphatic carbocycles. The number of carboxylic acids is 1. The number of nitrogens with zero attached hydrogens (tertiary/aromatic N) is 1. The predicted molar refractivity (Wildman–Crippen MR) is 62.5 cm³/mol. The molecule has 2 heterocycles. The first-order chi connectivity index (χ1) is 7.66. The maximum absolute atomic E-state index is 10.9. The van der Waals surface area contributed by atoms with Gasteiger partial charge in [-0.25, -0.2) is 9.78 Å². The molecule has 0 atom stereocenters. The van der Waals surface area contributed by atoms with Crippen molar-refractivity contribution in [2.24, 2.45) is 0 Å². The summed E-state index contributed by atoms with van der Waals surface area (Å²) in [5.74, 6) is -0.530. The van der Waals surface area contributed by atoms with Crippen LogP contribution in [0.2, 0.25) is 0 Å². The van der Waals surface area contributed by atoms with Crippen molar-refractivity contribution in [2.45, 2.75) is 13.5 Å². The van der Waals surface area contributed by atoms with Gasteiger partial charge in [0.05, 0.1) is 0 Å². The smallest absolute Gasteiger partial charge is 0.349 e. The standard InChI is InChI=1S/C10H9NO3S2/c1-6-4-7(9(16-6)10(12)13)14-5-8-11-2-3-15-8/h2-4H,5H2,1H3,(H,12,13). The molecule has 0 spiro atoms. The molecule has 2 rings (SSSR count). The normalized spacial score (nSPS) is 10.3. The quantitative estimate of drug-likeness (QED) is 0.912. The van der Waals surface area contributed by atoms with Crippen LogP contribution in [0.1, 0.15) is 19.6 Å². The highest BCUT2D eigenvalue weighted by Crippen LogP contribution is 2.29. The van der Waals surface area contributed by atoms with E-state index in [4.69, 9.17) is 9.84 Å². The van der Waals surface area contributed by atoms with Gasteiger partial charge < -0.3 is 9.84 Å². The Labute approximate surface area is 100 Å². The van der Waals surface area contributed by atoms with Gasteiger partial charge in [0.25, 0.3) is 0 Å². The number of hydrogen-bond acceptors (Lipinski definition) is 5. The van der Waals surface area contributed by atoms with Gasteiger partial charge in [-0.1, -0.05) is 0 Å². The number of aromatic carboxylic acids is 1. The number of ether oxygens (including phenoxy) is 1. The summed E-state index contributed by atoms with van der Waals surface area (Å²) in [5.41, 5.74) is 0. The van der Waals surface area contributed by atoms with Crippen molar-refractivity contribution in [1.82, 2.24) is 4.98 Å². The molecule has 0 amide bonds. The Hall–Kier alpha value is -1.40. The van der Waals surface area contributed by atoms with Crippen LogP contribution in [0.15, 0.2) is 17.6 Å². The highest BCUT2D eigenvalue weighted by atomic mass is 32.1. The molecule has 0 aliphatic rings.